The summed E-state index contributed by atoms with van der Waals surface area (Å²) in [5, 5.41) is 108. The van der Waals surface area contributed by atoms with Gasteiger partial charge in [-0.05, 0) is 32.1 Å². The van der Waals surface area contributed by atoms with E-state index in [1.807, 2.05) is 0 Å². The largest absolute Gasteiger partial charge is 0.463 e. The predicted octanol–water partition coefficient (Wildman–Crippen LogP) is -1.46. The molecule has 0 spiro atoms. The average Bonchev–Trinajstić information content (AvgIpc) is 3.29. The van der Waals surface area contributed by atoms with E-state index >= 15 is 0 Å². The second kappa shape index (κ2) is 47.7. The molecule has 0 radical (unpaired) electrons. The number of rotatable bonds is 52. The number of carbonyl (C=O) groups is 1. The maximum atomic E-state index is 12.0. The van der Waals surface area contributed by atoms with E-state index in [2.05, 4.69) is 19.1 Å². The standard InChI is InChI=1S/C46H90O22/c1-2-3-4-5-6-7-8-9-10-11-12-13-14-15-46(58)68-35-45(57)34-67-33-44(56)32-66-31-43(55)30-65-29-42(54)28-64-27-41(53)26-63-25-40(52)24-62-23-39(51)22-61-21-38(50)20-60-19-37(49)18-59-17-36(48)16-47/h7-8,36-45,47-57H,2-6,9-35H2,1H3/b8-7-. The van der Waals surface area contributed by atoms with Crippen molar-refractivity contribution in [2.75, 3.05) is 132 Å². The van der Waals surface area contributed by atoms with E-state index in [1.165, 1.54) is 25.7 Å². The molecule has 0 aliphatic heterocycles. The number of unbranched alkanes of at least 4 members (excludes halogenated alkanes) is 9. The van der Waals surface area contributed by atoms with Crippen LogP contribution in [0.25, 0.3) is 0 Å². The summed E-state index contributed by atoms with van der Waals surface area (Å²) in [6.45, 7) is -1.38. The highest BCUT2D eigenvalue weighted by Gasteiger charge is 2.16. The Morgan fingerprint density at radius 1 is 0.338 bits per heavy atom. The lowest BCUT2D eigenvalue weighted by atomic mass is 10.1. The molecule has 0 saturated heterocycles. The molecular weight excluding hydrogens is 904 g/mol. The molecule has 0 aromatic heterocycles. The molecule has 0 aromatic carbocycles. The SMILES string of the molecule is CCCCCC/C=C\CCCCCCCC(=O)OCC(O)COCC(O)COCC(O)COCC(O)COCC(O)COCC(O)COCC(O)COCC(O)COCC(O)COCC(O)CO. The van der Waals surface area contributed by atoms with E-state index in [4.69, 9.17) is 52.5 Å². The van der Waals surface area contributed by atoms with Gasteiger partial charge in [-0.25, -0.2) is 0 Å². The number of ether oxygens (including phenoxy) is 10. The normalized spacial score (nSPS) is 16.6. The lowest BCUT2D eigenvalue weighted by molar-refractivity contribution is -0.148. The molecule has 0 heterocycles. The van der Waals surface area contributed by atoms with Crippen molar-refractivity contribution in [3.8, 4) is 0 Å². The Hall–Kier alpha value is -1.59. The Kier molecular flexibility index (Phi) is 46.6. The zero-order chi connectivity index (χ0) is 50.5. The van der Waals surface area contributed by atoms with Crippen LogP contribution in [-0.4, -0.2) is 255 Å². The summed E-state index contributed by atoms with van der Waals surface area (Å²) in [4.78, 5) is 12.0. The number of allylic oxidation sites excluding steroid dienone is 2. The molecule has 0 aliphatic rings. The quantitative estimate of drug-likeness (QED) is 0.0188. The Labute approximate surface area is 403 Å². The van der Waals surface area contributed by atoms with Gasteiger partial charge in [0.15, 0.2) is 0 Å². The van der Waals surface area contributed by atoms with Crippen LogP contribution < -0.4 is 0 Å². The van der Waals surface area contributed by atoms with Crippen molar-refractivity contribution in [1.29, 1.82) is 0 Å². The van der Waals surface area contributed by atoms with Crippen LogP contribution >= 0.6 is 0 Å². The van der Waals surface area contributed by atoms with Crippen molar-refractivity contribution < 1.29 is 108 Å². The van der Waals surface area contributed by atoms with Crippen LogP contribution in [0.2, 0.25) is 0 Å². The number of hydrogen-bond donors (Lipinski definition) is 11. The van der Waals surface area contributed by atoms with Crippen molar-refractivity contribution in [3.05, 3.63) is 12.2 Å². The maximum Gasteiger partial charge on any atom is 0.305 e. The third-order valence-electron chi connectivity index (χ3n) is 9.37. The summed E-state index contributed by atoms with van der Waals surface area (Å²) in [6.07, 6.45) is 6.85. The van der Waals surface area contributed by atoms with Crippen molar-refractivity contribution in [1.82, 2.24) is 0 Å². The van der Waals surface area contributed by atoms with Crippen LogP contribution in [0.3, 0.4) is 0 Å². The highest BCUT2D eigenvalue weighted by molar-refractivity contribution is 5.69. The van der Waals surface area contributed by atoms with Gasteiger partial charge in [0.25, 0.3) is 0 Å². The van der Waals surface area contributed by atoms with Crippen LogP contribution in [0.15, 0.2) is 12.2 Å². The third-order valence-corrected chi connectivity index (χ3v) is 9.37. The Bertz CT molecular complexity index is 1110. The molecule has 0 bridgehead atoms. The predicted molar refractivity (Wildman–Crippen MR) is 246 cm³/mol. The summed E-state index contributed by atoms with van der Waals surface area (Å²) in [6, 6.07) is 0. The molecule has 10 atom stereocenters. The minimum Gasteiger partial charge on any atom is -0.463 e. The lowest BCUT2D eigenvalue weighted by Gasteiger charge is -2.18. The highest BCUT2D eigenvalue weighted by atomic mass is 16.6. The second-order valence-electron chi connectivity index (χ2n) is 16.9. The average molecular weight is 995 g/mol. The smallest absolute Gasteiger partial charge is 0.305 e. The fraction of sp³-hybridized carbons (Fsp3) is 0.935. The van der Waals surface area contributed by atoms with Crippen LogP contribution in [0.4, 0.5) is 0 Å². The van der Waals surface area contributed by atoms with Gasteiger partial charge < -0.3 is 104 Å². The maximum absolute atomic E-state index is 12.0. The summed E-state index contributed by atoms with van der Waals surface area (Å²) < 4.78 is 52.1. The molecule has 0 aliphatic carbocycles. The van der Waals surface area contributed by atoms with E-state index in [0.29, 0.717) is 6.42 Å². The molecule has 22 heteroatoms. The minimum atomic E-state index is -1.07. The van der Waals surface area contributed by atoms with Crippen LogP contribution in [0, 0.1) is 0 Å². The monoisotopic (exact) mass is 995 g/mol. The summed E-state index contributed by atoms with van der Waals surface area (Å²) >= 11 is 0. The van der Waals surface area contributed by atoms with Gasteiger partial charge in [0.05, 0.1) is 126 Å². The highest BCUT2D eigenvalue weighted by Crippen LogP contribution is 2.10. The minimum absolute atomic E-state index is 0.126. The Morgan fingerprint density at radius 3 is 0.853 bits per heavy atom. The van der Waals surface area contributed by atoms with Crippen molar-refractivity contribution >= 4 is 5.97 Å². The molecule has 0 saturated carbocycles. The topological polar surface area (TPSA) is 332 Å². The zero-order valence-corrected chi connectivity index (χ0v) is 40.5. The number of hydrogen-bond acceptors (Lipinski definition) is 22. The number of aliphatic hydroxyl groups is 11. The van der Waals surface area contributed by atoms with E-state index in [9.17, 15) is 55.9 Å². The van der Waals surface area contributed by atoms with Gasteiger partial charge in [-0.15, -0.1) is 0 Å². The van der Waals surface area contributed by atoms with E-state index in [1.54, 1.807) is 0 Å². The fourth-order valence-electron chi connectivity index (χ4n) is 5.79. The van der Waals surface area contributed by atoms with Gasteiger partial charge in [0, 0.05) is 6.42 Å². The molecule has 406 valence electrons. The van der Waals surface area contributed by atoms with E-state index in [-0.39, 0.29) is 132 Å². The Morgan fingerprint density at radius 2 is 0.574 bits per heavy atom. The first-order valence-corrected chi connectivity index (χ1v) is 24.2. The van der Waals surface area contributed by atoms with Gasteiger partial charge in [-0.3, -0.25) is 4.79 Å². The van der Waals surface area contributed by atoms with Crippen LogP contribution in [-0.2, 0) is 52.2 Å². The molecule has 0 rings (SSSR count). The van der Waals surface area contributed by atoms with Crippen LogP contribution in [0.5, 0.6) is 0 Å². The molecule has 22 nitrogen and oxygen atoms in total. The van der Waals surface area contributed by atoms with Crippen LogP contribution in [0.1, 0.15) is 84.0 Å². The van der Waals surface area contributed by atoms with Crippen molar-refractivity contribution in [2.45, 2.75) is 145 Å². The summed E-state index contributed by atoms with van der Waals surface area (Å²) in [5.74, 6) is -0.369. The van der Waals surface area contributed by atoms with Gasteiger partial charge >= 0.3 is 5.97 Å². The number of carbonyl (C=O) groups excluding carboxylic acids is 1. The molecule has 0 amide bonds. The molecular formula is C46H90O22. The van der Waals surface area contributed by atoms with Gasteiger partial charge in [-0.1, -0.05) is 57.6 Å². The van der Waals surface area contributed by atoms with Gasteiger partial charge in [0.2, 0.25) is 0 Å². The zero-order valence-electron chi connectivity index (χ0n) is 40.5. The second-order valence-corrected chi connectivity index (χ2v) is 16.9. The third kappa shape index (κ3) is 46.8. The number of aliphatic hydroxyl groups excluding tert-OH is 11. The summed E-state index contributed by atoms with van der Waals surface area (Å²) in [5.41, 5.74) is 0. The molecule has 0 fully saturated rings. The van der Waals surface area contributed by atoms with E-state index < -0.39 is 67.6 Å². The molecule has 11 N–H and O–H groups in total. The van der Waals surface area contributed by atoms with E-state index in [0.717, 1.165) is 44.9 Å². The first-order chi connectivity index (χ1) is 32.7. The first-order valence-electron chi connectivity index (χ1n) is 24.2. The van der Waals surface area contributed by atoms with Crippen molar-refractivity contribution in [3.63, 3.8) is 0 Å². The lowest BCUT2D eigenvalue weighted by Crippen LogP contribution is -2.32. The molecule has 68 heavy (non-hydrogen) atoms. The van der Waals surface area contributed by atoms with Gasteiger partial charge in [-0.2, -0.15) is 0 Å². The molecule has 0 aromatic rings. The fourth-order valence-corrected chi connectivity index (χ4v) is 5.79. The number of esters is 1. The van der Waals surface area contributed by atoms with Crippen molar-refractivity contribution in [2.24, 2.45) is 0 Å². The molecule has 10 unspecified atom stereocenters. The summed E-state index contributed by atoms with van der Waals surface area (Å²) in [7, 11) is 0. The first kappa shape index (κ1) is 66.4. The Balaban J connectivity index is 3.73. The van der Waals surface area contributed by atoms with Gasteiger partial charge in [0.1, 0.15) is 67.6 Å².